The van der Waals surface area contributed by atoms with Gasteiger partial charge >= 0.3 is 0 Å². The maximum absolute atomic E-state index is 14.9. The molecule has 1 amide bonds. The molecule has 2 atom stereocenters. The summed E-state index contributed by atoms with van der Waals surface area (Å²) in [5.41, 5.74) is -0.0257. The van der Waals surface area contributed by atoms with Gasteiger partial charge in [0.2, 0.25) is 5.91 Å². The lowest BCUT2D eigenvalue weighted by Gasteiger charge is -2.38. The van der Waals surface area contributed by atoms with Crippen molar-refractivity contribution in [1.29, 1.82) is 5.26 Å². The topological polar surface area (TPSA) is 52.9 Å². The zero-order chi connectivity index (χ0) is 21.3. The summed E-state index contributed by atoms with van der Waals surface area (Å²) in [5, 5.41) is 12.3. The standard InChI is InChI=1S/C24H17F3N2O/c25-17-9-5-15(6-10-17)24(16-7-11-18(26)12-8-16)22(19-3-1-2-4-21(19)27)20(13-14-28)23(30)29-24/h1-12,20,22H,13H2,(H,29,30)/t20-,22?/m0/s1. The van der Waals surface area contributed by atoms with Crippen LogP contribution in [0.5, 0.6) is 0 Å². The third-order valence-corrected chi connectivity index (χ3v) is 5.68. The quantitative estimate of drug-likeness (QED) is 0.677. The number of benzene rings is 3. The molecule has 1 saturated heterocycles. The summed E-state index contributed by atoms with van der Waals surface area (Å²) >= 11 is 0. The molecule has 1 heterocycles. The second kappa shape index (κ2) is 7.68. The first-order chi connectivity index (χ1) is 14.5. The fourth-order valence-corrected chi connectivity index (χ4v) is 4.40. The zero-order valence-electron chi connectivity index (χ0n) is 15.8. The molecule has 0 spiro atoms. The van der Waals surface area contributed by atoms with Gasteiger partial charge in [0.15, 0.2) is 0 Å². The van der Waals surface area contributed by atoms with Gasteiger partial charge in [-0.05, 0) is 47.0 Å². The number of rotatable bonds is 4. The van der Waals surface area contributed by atoms with Gasteiger partial charge in [0.05, 0.1) is 17.5 Å². The first kappa shape index (κ1) is 19.7. The van der Waals surface area contributed by atoms with Crippen molar-refractivity contribution >= 4 is 5.91 Å². The second-order valence-electron chi connectivity index (χ2n) is 7.28. The number of carbonyl (C=O) groups excluding carboxylic acids is 1. The SMILES string of the molecule is N#CC[C@@H]1C(=O)NC(c2ccc(F)cc2)(c2ccc(F)cc2)C1c1ccccc1F. The summed E-state index contributed by atoms with van der Waals surface area (Å²) in [5.74, 6) is -3.51. The molecule has 0 aliphatic carbocycles. The predicted octanol–water partition coefficient (Wildman–Crippen LogP) is 4.79. The summed E-state index contributed by atoms with van der Waals surface area (Å²) in [6, 6.07) is 19.2. The molecule has 0 bridgehead atoms. The number of carbonyl (C=O) groups is 1. The van der Waals surface area contributed by atoms with Gasteiger partial charge in [0.1, 0.15) is 17.5 Å². The van der Waals surface area contributed by atoms with Gasteiger partial charge in [-0.25, -0.2) is 13.2 Å². The van der Waals surface area contributed by atoms with E-state index in [1.165, 1.54) is 54.6 Å². The van der Waals surface area contributed by atoms with Gasteiger partial charge in [-0.15, -0.1) is 0 Å². The van der Waals surface area contributed by atoms with Crippen LogP contribution in [-0.4, -0.2) is 5.91 Å². The van der Waals surface area contributed by atoms with Gasteiger partial charge in [0, 0.05) is 12.3 Å². The molecule has 1 aliphatic rings. The molecule has 1 N–H and O–H groups in total. The lowest BCUT2D eigenvalue weighted by molar-refractivity contribution is -0.122. The number of nitriles is 1. The zero-order valence-corrected chi connectivity index (χ0v) is 15.8. The molecule has 30 heavy (non-hydrogen) atoms. The maximum atomic E-state index is 14.9. The van der Waals surface area contributed by atoms with Crippen LogP contribution < -0.4 is 5.32 Å². The second-order valence-corrected chi connectivity index (χ2v) is 7.28. The van der Waals surface area contributed by atoms with Crippen LogP contribution in [0.4, 0.5) is 13.2 Å². The first-order valence-electron chi connectivity index (χ1n) is 9.43. The molecule has 0 radical (unpaired) electrons. The highest BCUT2D eigenvalue weighted by atomic mass is 19.1. The highest BCUT2D eigenvalue weighted by Crippen LogP contribution is 2.52. The molecule has 150 valence electrons. The predicted molar refractivity (Wildman–Crippen MR) is 105 cm³/mol. The molecule has 3 nitrogen and oxygen atoms in total. The summed E-state index contributed by atoms with van der Waals surface area (Å²) < 4.78 is 42.3. The third kappa shape index (κ3) is 3.13. The normalized spacial score (nSPS) is 19.9. The number of amides is 1. The summed E-state index contributed by atoms with van der Waals surface area (Å²) in [6.07, 6.45) is -0.130. The fourth-order valence-electron chi connectivity index (χ4n) is 4.40. The average Bonchev–Trinajstić information content (AvgIpc) is 3.03. The first-order valence-corrected chi connectivity index (χ1v) is 9.43. The Morgan fingerprint density at radius 1 is 0.867 bits per heavy atom. The van der Waals surface area contributed by atoms with E-state index >= 15 is 0 Å². The fraction of sp³-hybridized carbons (Fsp3) is 0.167. The van der Waals surface area contributed by atoms with Crippen LogP contribution in [0.1, 0.15) is 29.0 Å². The Kier molecular flexibility index (Phi) is 5.04. The van der Waals surface area contributed by atoms with Crippen LogP contribution in [0.25, 0.3) is 0 Å². The van der Waals surface area contributed by atoms with Crippen molar-refractivity contribution in [3.05, 3.63) is 107 Å². The Morgan fingerprint density at radius 3 is 1.90 bits per heavy atom. The molecule has 0 aromatic heterocycles. The molecule has 1 aliphatic heterocycles. The van der Waals surface area contributed by atoms with E-state index in [1.54, 1.807) is 18.2 Å². The van der Waals surface area contributed by atoms with Crippen LogP contribution in [0, 0.1) is 34.7 Å². The molecular formula is C24H17F3N2O. The van der Waals surface area contributed by atoms with Crippen molar-refractivity contribution in [2.24, 2.45) is 5.92 Å². The van der Waals surface area contributed by atoms with E-state index in [1.807, 2.05) is 6.07 Å². The van der Waals surface area contributed by atoms with Gasteiger partial charge in [-0.2, -0.15) is 5.26 Å². The number of nitrogens with zero attached hydrogens (tertiary/aromatic N) is 1. The van der Waals surface area contributed by atoms with E-state index in [2.05, 4.69) is 5.32 Å². The smallest absolute Gasteiger partial charge is 0.225 e. The van der Waals surface area contributed by atoms with E-state index in [0.717, 1.165) is 0 Å². The van der Waals surface area contributed by atoms with E-state index in [9.17, 15) is 23.2 Å². The monoisotopic (exact) mass is 406 g/mol. The molecule has 3 aromatic carbocycles. The third-order valence-electron chi connectivity index (χ3n) is 5.68. The molecule has 6 heteroatoms. The Bertz CT molecular complexity index is 1070. The van der Waals surface area contributed by atoms with Crippen molar-refractivity contribution in [2.75, 3.05) is 0 Å². The van der Waals surface area contributed by atoms with Crippen molar-refractivity contribution < 1.29 is 18.0 Å². The summed E-state index contributed by atoms with van der Waals surface area (Å²) in [6.45, 7) is 0. The van der Waals surface area contributed by atoms with E-state index in [4.69, 9.17) is 0 Å². The van der Waals surface area contributed by atoms with E-state index < -0.39 is 40.7 Å². The van der Waals surface area contributed by atoms with E-state index in [0.29, 0.717) is 11.1 Å². The van der Waals surface area contributed by atoms with Crippen molar-refractivity contribution in [3.63, 3.8) is 0 Å². The van der Waals surface area contributed by atoms with Gasteiger partial charge < -0.3 is 5.32 Å². The number of nitrogens with one attached hydrogen (secondary N) is 1. The maximum Gasteiger partial charge on any atom is 0.225 e. The van der Waals surface area contributed by atoms with Crippen LogP contribution in [0.2, 0.25) is 0 Å². The minimum Gasteiger partial charge on any atom is -0.342 e. The minimum atomic E-state index is -1.30. The number of hydrogen-bond acceptors (Lipinski definition) is 2. The summed E-state index contributed by atoms with van der Waals surface area (Å²) in [7, 11) is 0. The summed E-state index contributed by atoms with van der Waals surface area (Å²) in [4.78, 5) is 13.0. The van der Waals surface area contributed by atoms with Crippen molar-refractivity contribution in [2.45, 2.75) is 17.9 Å². The highest BCUT2D eigenvalue weighted by Gasteiger charge is 2.56. The van der Waals surface area contributed by atoms with Crippen LogP contribution in [-0.2, 0) is 10.3 Å². The number of halogens is 3. The average molecular weight is 406 g/mol. The minimum absolute atomic E-state index is 0.130. The van der Waals surface area contributed by atoms with Crippen LogP contribution in [0.15, 0.2) is 72.8 Å². The van der Waals surface area contributed by atoms with Gasteiger partial charge in [-0.1, -0.05) is 42.5 Å². The molecular weight excluding hydrogens is 389 g/mol. The largest absolute Gasteiger partial charge is 0.342 e. The Balaban J connectivity index is 2.04. The molecule has 1 unspecified atom stereocenters. The van der Waals surface area contributed by atoms with Crippen molar-refractivity contribution in [3.8, 4) is 6.07 Å². The molecule has 1 fully saturated rings. The Labute approximate surface area is 171 Å². The lowest BCUT2D eigenvalue weighted by Crippen LogP contribution is -2.43. The Morgan fingerprint density at radius 2 is 1.40 bits per heavy atom. The van der Waals surface area contributed by atoms with E-state index in [-0.39, 0.29) is 12.0 Å². The van der Waals surface area contributed by atoms with Gasteiger partial charge in [-0.3, -0.25) is 4.79 Å². The van der Waals surface area contributed by atoms with Crippen LogP contribution >= 0.6 is 0 Å². The lowest BCUT2D eigenvalue weighted by atomic mass is 9.67. The molecule has 0 saturated carbocycles. The van der Waals surface area contributed by atoms with Crippen LogP contribution in [0.3, 0.4) is 0 Å². The highest BCUT2D eigenvalue weighted by molar-refractivity contribution is 5.86. The molecule has 4 rings (SSSR count). The molecule has 3 aromatic rings. The van der Waals surface area contributed by atoms with Gasteiger partial charge in [0.25, 0.3) is 0 Å². The van der Waals surface area contributed by atoms with Crippen molar-refractivity contribution in [1.82, 2.24) is 5.32 Å². The number of hydrogen-bond donors (Lipinski definition) is 1. The Hall–Kier alpha value is -3.59.